The normalized spacial score (nSPS) is 13.6. The molecule has 1 nitrogen and oxygen atoms in total. The van der Waals surface area contributed by atoms with Crippen LogP contribution in [0.5, 0.6) is 0 Å². The van der Waals surface area contributed by atoms with E-state index < -0.39 is 0 Å². The second-order valence-corrected chi connectivity index (χ2v) is 2.15. The maximum absolute atomic E-state index is 7.06. The number of nitrogens with one attached hydrogen (secondary N) is 1. The molecule has 0 amide bonds. The molecule has 0 radical (unpaired) electrons. The summed E-state index contributed by atoms with van der Waals surface area (Å²) in [6.45, 7) is 3.74. The fraction of sp³-hybridized carbons (Fsp3) is 0.800. The van der Waals surface area contributed by atoms with Crippen LogP contribution in [0.3, 0.4) is 0 Å². The second-order valence-electron chi connectivity index (χ2n) is 1.49. The lowest BCUT2D eigenvalue weighted by atomic mass is 10.2. The molecule has 0 aliphatic carbocycles. The van der Waals surface area contributed by atoms with E-state index in [1.807, 2.05) is 13.8 Å². The number of rotatable bonds is 2. The van der Waals surface area contributed by atoms with Crippen LogP contribution in [0.1, 0.15) is 20.3 Å². The maximum atomic E-state index is 7.06. The Kier molecular flexibility index (Phi) is 3.01. The van der Waals surface area contributed by atoms with Crippen LogP contribution in [0.25, 0.3) is 0 Å². The Bertz CT molecular complexity index is 68.5. The Labute approximate surface area is 49.2 Å². The van der Waals surface area contributed by atoms with Gasteiger partial charge in [0.15, 0.2) is 0 Å². The third kappa shape index (κ3) is 2.63. The average molecular weight is 120 g/mol. The molecule has 0 fully saturated rings. The van der Waals surface area contributed by atoms with Crippen molar-refractivity contribution in [2.45, 2.75) is 25.6 Å². The van der Waals surface area contributed by atoms with Gasteiger partial charge < -0.3 is 5.41 Å². The van der Waals surface area contributed by atoms with E-state index in [1.54, 1.807) is 0 Å². The smallest absolute Gasteiger partial charge is 0.0682 e. The zero-order valence-electron chi connectivity index (χ0n) is 4.66. The van der Waals surface area contributed by atoms with Gasteiger partial charge in [-0.2, -0.15) is 0 Å². The van der Waals surface area contributed by atoms with E-state index in [9.17, 15) is 0 Å². The van der Waals surface area contributed by atoms with Crippen molar-refractivity contribution >= 4 is 17.3 Å². The molecule has 1 unspecified atom stereocenters. The summed E-state index contributed by atoms with van der Waals surface area (Å²) in [4.78, 5) is 0. The molecule has 2 heteroatoms. The van der Waals surface area contributed by atoms with Gasteiger partial charge in [0.25, 0.3) is 0 Å². The van der Waals surface area contributed by atoms with E-state index in [0.717, 1.165) is 6.42 Å². The lowest BCUT2D eigenvalue weighted by Crippen LogP contribution is -2.05. The van der Waals surface area contributed by atoms with Crippen LogP contribution in [0.4, 0.5) is 0 Å². The van der Waals surface area contributed by atoms with Crippen LogP contribution in [0.15, 0.2) is 0 Å². The van der Waals surface area contributed by atoms with Crippen molar-refractivity contribution in [3.05, 3.63) is 0 Å². The summed E-state index contributed by atoms with van der Waals surface area (Å²) < 4.78 is 0. The Morgan fingerprint density at radius 2 is 2.29 bits per heavy atom. The molecule has 0 aromatic heterocycles. The fourth-order valence-electron chi connectivity index (χ4n) is 0.281. The Hall–Kier alpha value is -0.0400. The zero-order chi connectivity index (χ0) is 5.86. The number of hydrogen-bond donors (Lipinski definition) is 1. The van der Waals surface area contributed by atoms with Gasteiger partial charge in [-0.05, 0) is 13.3 Å². The predicted molar refractivity (Wildman–Crippen MR) is 33.3 cm³/mol. The van der Waals surface area contributed by atoms with Gasteiger partial charge >= 0.3 is 0 Å². The van der Waals surface area contributed by atoms with Crippen molar-refractivity contribution in [2.75, 3.05) is 0 Å². The lowest BCUT2D eigenvalue weighted by Gasteiger charge is -1.98. The minimum absolute atomic E-state index is 0.0787. The van der Waals surface area contributed by atoms with E-state index >= 15 is 0 Å². The maximum Gasteiger partial charge on any atom is 0.0682 e. The summed E-state index contributed by atoms with van der Waals surface area (Å²) in [5.74, 6) is 0. The van der Waals surface area contributed by atoms with Gasteiger partial charge in [0.05, 0.1) is 5.38 Å². The zero-order valence-corrected chi connectivity index (χ0v) is 5.42. The van der Waals surface area contributed by atoms with Crippen LogP contribution >= 0.6 is 11.6 Å². The Morgan fingerprint density at radius 3 is 2.29 bits per heavy atom. The molecule has 0 saturated heterocycles. The highest BCUT2D eigenvalue weighted by Gasteiger charge is 1.98. The van der Waals surface area contributed by atoms with Crippen molar-refractivity contribution in [3.8, 4) is 0 Å². The quantitative estimate of drug-likeness (QED) is 0.425. The second kappa shape index (κ2) is 3.03. The van der Waals surface area contributed by atoms with Crippen molar-refractivity contribution in [1.29, 1.82) is 5.41 Å². The van der Waals surface area contributed by atoms with Crippen LogP contribution < -0.4 is 0 Å². The van der Waals surface area contributed by atoms with Gasteiger partial charge in [0.1, 0.15) is 0 Å². The summed E-state index contributed by atoms with van der Waals surface area (Å²) in [6.07, 6.45) is 0.769. The summed E-state index contributed by atoms with van der Waals surface area (Å²) in [5.41, 5.74) is 0.613. The molecule has 0 spiro atoms. The van der Waals surface area contributed by atoms with Gasteiger partial charge in [0.2, 0.25) is 0 Å². The topological polar surface area (TPSA) is 23.9 Å². The number of alkyl halides is 1. The summed E-state index contributed by atoms with van der Waals surface area (Å²) in [5, 5.41) is 6.98. The highest BCUT2D eigenvalue weighted by molar-refractivity contribution is 6.31. The van der Waals surface area contributed by atoms with E-state index in [-0.39, 0.29) is 5.38 Å². The minimum atomic E-state index is -0.0787. The standard InChI is InChI=1S/C5H10ClN/c1-3-5(7)4(2)6/h4,7H,3H2,1-2H3. The molecule has 0 rings (SSSR count). The molecule has 0 aromatic carbocycles. The van der Waals surface area contributed by atoms with E-state index in [1.165, 1.54) is 0 Å². The molecule has 0 aliphatic rings. The molecule has 0 aromatic rings. The molecule has 0 saturated carbocycles. The minimum Gasteiger partial charge on any atom is -0.308 e. The Balaban J connectivity index is 3.35. The Morgan fingerprint density at radius 1 is 1.86 bits per heavy atom. The van der Waals surface area contributed by atoms with Crippen LogP contribution in [0.2, 0.25) is 0 Å². The van der Waals surface area contributed by atoms with Gasteiger partial charge in [-0.1, -0.05) is 6.92 Å². The third-order valence-electron chi connectivity index (χ3n) is 0.861. The highest BCUT2D eigenvalue weighted by atomic mass is 35.5. The van der Waals surface area contributed by atoms with E-state index in [2.05, 4.69) is 0 Å². The first kappa shape index (κ1) is 6.96. The third-order valence-corrected chi connectivity index (χ3v) is 1.12. The summed E-state index contributed by atoms with van der Waals surface area (Å²) >= 11 is 5.50. The molecular weight excluding hydrogens is 110 g/mol. The first-order valence-electron chi connectivity index (χ1n) is 2.39. The first-order valence-corrected chi connectivity index (χ1v) is 2.83. The monoisotopic (exact) mass is 119 g/mol. The van der Waals surface area contributed by atoms with Gasteiger partial charge in [0, 0.05) is 5.71 Å². The SMILES string of the molecule is CCC(=N)C(C)Cl. The fourth-order valence-corrected chi connectivity index (χ4v) is 0.436. The van der Waals surface area contributed by atoms with Gasteiger partial charge in [-0.3, -0.25) is 0 Å². The molecule has 0 heterocycles. The van der Waals surface area contributed by atoms with Crippen LogP contribution in [-0.4, -0.2) is 11.1 Å². The van der Waals surface area contributed by atoms with Crippen LogP contribution in [-0.2, 0) is 0 Å². The molecule has 42 valence electrons. The number of halogens is 1. The molecule has 1 N–H and O–H groups in total. The largest absolute Gasteiger partial charge is 0.308 e. The van der Waals surface area contributed by atoms with Gasteiger partial charge in [-0.25, -0.2) is 0 Å². The first-order chi connectivity index (χ1) is 3.18. The molecule has 0 bridgehead atoms. The van der Waals surface area contributed by atoms with E-state index in [4.69, 9.17) is 17.0 Å². The van der Waals surface area contributed by atoms with Crippen molar-refractivity contribution in [3.63, 3.8) is 0 Å². The predicted octanol–water partition coefficient (Wildman–Crippen LogP) is 2.04. The summed E-state index contributed by atoms with van der Waals surface area (Å²) in [7, 11) is 0. The van der Waals surface area contributed by atoms with E-state index in [0.29, 0.717) is 5.71 Å². The van der Waals surface area contributed by atoms with Crippen molar-refractivity contribution in [2.24, 2.45) is 0 Å². The summed E-state index contributed by atoms with van der Waals surface area (Å²) in [6, 6.07) is 0. The average Bonchev–Trinajstić information content (AvgIpc) is 1.65. The van der Waals surface area contributed by atoms with Gasteiger partial charge in [-0.15, -0.1) is 11.6 Å². The van der Waals surface area contributed by atoms with Crippen LogP contribution in [0, 0.1) is 5.41 Å². The molecule has 7 heavy (non-hydrogen) atoms. The van der Waals surface area contributed by atoms with Crippen molar-refractivity contribution < 1.29 is 0 Å². The number of hydrogen-bond acceptors (Lipinski definition) is 1. The molecule has 0 aliphatic heterocycles. The lowest BCUT2D eigenvalue weighted by molar-refractivity contribution is 1.13. The molecule has 1 atom stereocenters. The highest BCUT2D eigenvalue weighted by Crippen LogP contribution is 1.97. The molecular formula is C5H10ClN. The van der Waals surface area contributed by atoms with Crippen molar-refractivity contribution in [1.82, 2.24) is 0 Å².